The number of esters is 3. The predicted molar refractivity (Wildman–Crippen MR) is 275 cm³/mol. The van der Waals surface area contributed by atoms with Gasteiger partial charge >= 0.3 is 17.9 Å². The van der Waals surface area contributed by atoms with Gasteiger partial charge in [0.15, 0.2) is 6.10 Å². The summed E-state index contributed by atoms with van der Waals surface area (Å²) >= 11 is 0. The Kier molecular flexibility index (Phi) is 52.7. The molecule has 0 aliphatic heterocycles. The second-order valence-corrected chi connectivity index (χ2v) is 19.9. The topological polar surface area (TPSA) is 78.9 Å². The summed E-state index contributed by atoms with van der Waals surface area (Å²) in [5, 5.41) is 0. The van der Waals surface area contributed by atoms with Crippen molar-refractivity contribution in [1.29, 1.82) is 0 Å². The molecule has 0 fully saturated rings. The van der Waals surface area contributed by atoms with Gasteiger partial charge in [-0.3, -0.25) is 14.4 Å². The van der Waals surface area contributed by atoms with E-state index in [1.54, 1.807) is 0 Å². The van der Waals surface area contributed by atoms with Crippen LogP contribution >= 0.6 is 0 Å². The Hall–Kier alpha value is -1.59. The SMILES string of the molecule is CCCCCCCCCCCCCCCCCCC(=O)OC[C@H](COC(=O)CCCCCCCCCCCCCCCCC)OC(=O)CCCCCCCCCCCCCCCCC. The zero-order valence-electron chi connectivity index (χ0n) is 43.6. The third kappa shape index (κ3) is 51.4. The quantitative estimate of drug-likeness (QED) is 0.0344. The summed E-state index contributed by atoms with van der Waals surface area (Å²) in [7, 11) is 0. The number of unbranched alkanes of at least 4 members (excludes halogenated alkanes) is 43. The molecular weight excluding hydrogens is 793 g/mol. The summed E-state index contributed by atoms with van der Waals surface area (Å²) in [6.45, 7) is 6.71. The summed E-state index contributed by atoms with van der Waals surface area (Å²) in [4.78, 5) is 38.1. The zero-order chi connectivity index (χ0) is 46.5. The first kappa shape index (κ1) is 62.4. The van der Waals surface area contributed by atoms with Crippen molar-refractivity contribution in [2.75, 3.05) is 13.2 Å². The van der Waals surface area contributed by atoms with Gasteiger partial charge in [-0.2, -0.15) is 0 Å². The Labute approximate surface area is 399 Å². The van der Waals surface area contributed by atoms with Gasteiger partial charge in [0.25, 0.3) is 0 Å². The van der Waals surface area contributed by atoms with Crippen LogP contribution in [0.5, 0.6) is 0 Å². The predicted octanol–water partition coefficient (Wildman–Crippen LogP) is 19.2. The maximum absolute atomic E-state index is 12.8. The number of hydrogen-bond acceptors (Lipinski definition) is 6. The van der Waals surface area contributed by atoms with Crippen LogP contribution in [0.15, 0.2) is 0 Å². The largest absolute Gasteiger partial charge is 0.462 e. The summed E-state index contributed by atoms with van der Waals surface area (Å²) in [6, 6.07) is 0. The van der Waals surface area contributed by atoms with Gasteiger partial charge in [0.1, 0.15) is 13.2 Å². The van der Waals surface area contributed by atoms with Crippen LogP contribution in [-0.4, -0.2) is 37.2 Å². The van der Waals surface area contributed by atoms with Crippen LogP contribution in [0.3, 0.4) is 0 Å². The minimum atomic E-state index is -0.761. The average molecular weight is 906 g/mol. The van der Waals surface area contributed by atoms with E-state index >= 15 is 0 Å². The van der Waals surface area contributed by atoms with Crippen molar-refractivity contribution in [2.24, 2.45) is 0 Å². The first-order valence-electron chi connectivity index (χ1n) is 29.0. The molecule has 0 heterocycles. The first-order chi connectivity index (χ1) is 31.5. The van der Waals surface area contributed by atoms with E-state index in [4.69, 9.17) is 14.2 Å². The fraction of sp³-hybridized carbons (Fsp3) is 0.948. The van der Waals surface area contributed by atoms with E-state index in [1.165, 1.54) is 238 Å². The smallest absolute Gasteiger partial charge is 0.306 e. The summed E-state index contributed by atoms with van der Waals surface area (Å²) < 4.78 is 16.9. The lowest BCUT2D eigenvalue weighted by Gasteiger charge is -2.18. The molecule has 0 spiro atoms. The maximum Gasteiger partial charge on any atom is 0.306 e. The van der Waals surface area contributed by atoms with Crippen LogP contribution in [0.2, 0.25) is 0 Å². The van der Waals surface area contributed by atoms with E-state index in [2.05, 4.69) is 20.8 Å². The highest BCUT2D eigenvalue weighted by atomic mass is 16.6. The van der Waals surface area contributed by atoms with E-state index < -0.39 is 6.10 Å². The van der Waals surface area contributed by atoms with E-state index in [9.17, 15) is 14.4 Å². The van der Waals surface area contributed by atoms with E-state index in [-0.39, 0.29) is 31.1 Å². The van der Waals surface area contributed by atoms with Gasteiger partial charge < -0.3 is 14.2 Å². The molecule has 0 aromatic rings. The molecule has 0 aromatic heterocycles. The van der Waals surface area contributed by atoms with E-state index in [0.717, 1.165) is 57.8 Å². The normalized spacial score (nSPS) is 11.9. The Morgan fingerprint density at radius 2 is 0.422 bits per heavy atom. The Bertz CT molecular complexity index is 951. The van der Waals surface area contributed by atoms with Crippen molar-refractivity contribution < 1.29 is 28.6 Å². The highest BCUT2D eigenvalue weighted by Crippen LogP contribution is 2.18. The minimum Gasteiger partial charge on any atom is -0.462 e. The second-order valence-electron chi connectivity index (χ2n) is 19.9. The molecule has 380 valence electrons. The standard InChI is InChI=1S/C58H112O6/c1-4-7-10-13-16-19-22-25-28-31-33-36-39-42-45-48-51-57(60)63-54-55(64-58(61)52-49-46-43-40-37-34-30-27-24-21-18-15-12-9-6-3)53-62-56(59)50-47-44-41-38-35-32-29-26-23-20-17-14-11-8-5-2/h55H,4-54H2,1-3H3/t55-/m0/s1. The van der Waals surface area contributed by atoms with Crippen LogP contribution in [0.1, 0.15) is 335 Å². The molecule has 64 heavy (non-hydrogen) atoms. The van der Waals surface area contributed by atoms with Crippen LogP contribution in [0.4, 0.5) is 0 Å². The zero-order valence-corrected chi connectivity index (χ0v) is 43.6. The molecular formula is C58H112O6. The first-order valence-corrected chi connectivity index (χ1v) is 29.0. The molecule has 0 saturated carbocycles. The molecule has 6 nitrogen and oxygen atoms in total. The fourth-order valence-electron chi connectivity index (χ4n) is 8.98. The molecule has 1 atom stereocenters. The number of carbonyl (C=O) groups excluding carboxylic acids is 3. The second kappa shape index (κ2) is 54.0. The molecule has 0 bridgehead atoms. The van der Waals surface area contributed by atoms with Crippen LogP contribution < -0.4 is 0 Å². The lowest BCUT2D eigenvalue weighted by Crippen LogP contribution is -2.30. The van der Waals surface area contributed by atoms with Crippen molar-refractivity contribution in [3.63, 3.8) is 0 Å². The van der Waals surface area contributed by atoms with E-state index in [0.29, 0.717) is 19.3 Å². The van der Waals surface area contributed by atoms with Crippen molar-refractivity contribution in [2.45, 2.75) is 341 Å². The van der Waals surface area contributed by atoms with Gasteiger partial charge in [-0.05, 0) is 19.3 Å². The number of rotatable bonds is 54. The fourth-order valence-corrected chi connectivity index (χ4v) is 8.98. The Morgan fingerprint density at radius 1 is 0.250 bits per heavy atom. The summed E-state index contributed by atoms with van der Waals surface area (Å²) in [5.41, 5.74) is 0. The third-order valence-corrected chi connectivity index (χ3v) is 13.4. The monoisotopic (exact) mass is 905 g/mol. The average Bonchev–Trinajstić information content (AvgIpc) is 3.29. The van der Waals surface area contributed by atoms with Gasteiger partial charge in [0.05, 0.1) is 0 Å². The van der Waals surface area contributed by atoms with Gasteiger partial charge in [0.2, 0.25) is 0 Å². The Morgan fingerprint density at radius 3 is 0.625 bits per heavy atom. The van der Waals surface area contributed by atoms with Crippen molar-refractivity contribution >= 4 is 17.9 Å². The molecule has 0 rings (SSSR count). The molecule has 0 N–H and O–H groups in total. The molecule has 0 aliphatic carbocycles. The third-order valence-electron chi connectivity index (χ3n) is 13.4. The van der Waals surface area contributed by atoms with Gasteiger partial charge in [-0.15, -0.1) is 0 Å². The Balaban J connectivity index is 4.29. The van der Waals surface area contributed by atoms with Gasteiger partial charge in [-0.25, -0.2) is 0 Å². The van der Waals surface area contributed by atoms with Gasteiger partial charge in [0, 0.05) is 19.3 Å². The van der Waals surface area contributed by atoms with Gasteiger partial charge in [-0.1, -0.05) is 297 Å². The summed E-state index contributed by atoms with van der Waals surface area (Å²) in [6.07, 6.45) is 59.4. The lowest BCUT2D eigenvalue weighted by atomic mass is 10.0. The highest BCUT2D eigenvalue weighted by Gasteiger charge is 2.19. The van der Waals surface area contributed by atoms with Crippen molar-refractivity contribution in [3.8, 4) is 0 Å². The van der Waals surface area contributed by atoms with Crippen LogP contribution in [0, 0.1) is 0 Å². The van der Waals surface area contributed by atoms with E-state index in [1.807, 2.05) is 0 Å². The number of ether oxygens (including phenoxy) is 3. The summed E-state index contributed by atoms with van der Waals surface area (Å²) in [5.74, 6) is -0.831. The van der Waals surface area contributed by atoms with Crippen LogP contribution in [-0.2, 0) is 28.6 Å². The molecule has 0 aromatic carbocycles. The van der Waals surface area contributed by atoms with Crippen LogP contribution in [0.25, 0.3) is 0 Å². The molecule has 0 amide bonds. The molecule has 6 heteroatoms. The highest BCUT2D eigenvalue weighted by molar-refractivity contribution is 5.71. The van der Waals surface area contributed by atoms with Crippen molar-refractivity contribution in [3.05, 3.63) is 0 Å². The number of carbonyl (C=O) groups is 3. The molecule has 0 saturated heterocycles. The molecule has 0 radical (unpaired) electrons. The lowest BCUT2D eigenvalue weighted by molar-refractivity contribution is -0.167. The maximum atomic E-state index is 12.8. The number of hydrogen-bond donors (Lipinski definition) is 0. The molecule has 0 unspecified atom stereocenters. The molecule has 0 aliphatic rings. The minimum absolute atomic E-state index is 0.0610. The van der Waals surface area contributed by atoms with Crippen molar-refractivity contribution in [1.82, 2.24) is 0 Å².